The van der Waals surface area contributed by atoms with E-state index in [1.807, 2.05) is 53.9 Å². The second-order valence-corrected chi connectivity index (χ2v) is 5.19. The quantitative estimate of drug-likeness (QED) is 0.782. The van der Waals surface area contributed by atoms with Crippen LogP contribution < -0.4 is 5.32 Å². The monoisotopic (exact) mass is 281 g/mol. The summed E-state index contributed by atoms with van der Waals surface area (Å²) in [6.45, 7) is 3.55. The Kier molecular flexibility index (Phi) is 3.73. The number of aromatic nitrogens is 4. The molecule has 0 spiro atoms. The molecule has 0 saturated heterocycles. The lowest BCUT2D eigenvalue weighted by Gasteiger charge is -2.02. The number of nitrogens with zero attached hydrogens (tertiary/aromatic N) is 4. The Morgan fingerprint density at radius 1 is 1.10 bits per heavy atom. The minimum absolute atomic E-state index is 0.751. The summed E-state index contributed by atoms with van der Waals surface area (Å²) in [5, 5.41) is 12.1. The van der Waals surface area contributed by atoms with Gasteiger partial charge in [0.25, 0.3) is 0 Å². The van der Waals surface area contributed by atoms with Crippen molar-refractivity contribution in [3.63, 3.8) is 0 Å². The zero-order valence-corrected chi connectivity index (χ0v) is 12.3. The average Bonchev–Trinajstić information content (AvgIpc) is 3.04. The first-order valence-electron chi connectivity index (χ1n) is 7.00. The van der Waals surface area contributed by atoms with Crippen molar-refractivity contribution in [3.8, 4) is 0 Å². The van der Waals surface area contributed by atoms with Crippen molar-refractivity contribution >= 4 is 5.69 Å². The molecule has 0 atom stereocenters. The summed E-state index contributed by atoms with van der Waals surface area (Å²) >= 11 is 0. The summed E-state index contributed by atoms with van der Waals surface area (Å²) < 4.78 is 3.78. The highest BCUT2D eigenvalue weighted by molar-refractivity contribution is 5.45. The molecule has 3 rings (SSSR count). The highest BCUT2D eigenvalue weighted by Crippen LogP contribution is 2.13. The van der Waals surface area contributed by atoms with Crippen molar-refractivity contribution in [1.82, 2.24) is 19.6 Å². The SMILES string of the molecule is Cc1nn(C)cc1NCc1cnn(Cc2ccccc2)c1. The minimum atomic E-state index is 0.751. The number of rotatable bonds is 5. The Bertz CT molecular complexity index is 711. The summed E-state index contributed by atoms with van der Waals surface area (Å²) in [7, 11) is 1.93. The number of aryl methyl sites for hydroxylation is 2. The van der Waals surface area contributed by atoms with Gasteiger partial charge in [0.2, 0.25) is 0 Å². The second-order valence-electron chi connectivity index (χ2n) is 5.19. The van der Waals surface area contributed by atoms with E-state index in [2.05, 4.69) is 33.8 Å². The van der Waals surface area contributed by atoms with Gasteiger partial charge in [-0.1, -0.05) is 30.3 Å². The Hall–Kier alpha value is -2.56. The maximum Gasteiger partial charge on any atom is 0.0825 e. The van der Waals surface area contributed by atoms with Gasteiger partial charge in [-0.3, -0.25) is 9.36 Å². The number of anilines is 1. The lowest BCUT2D eigenvalue weighted by Crippen LogP contribution is -2.00. The molecule has 0 saturated carbocycles. The Labute approximate surface area is 124 Å². The van der Waals surface area contributed by atoms with Gasteiger partial charge in [0, 0.05) is 31.5 Å². The maximum atomic E-state index is 4.41. The second kappa shape index (κ2) is 5.83. The van der Waals surface area contributed by atoms with Crippen LogP contribution >= 0.6 is 0 Å². The van der Waals surface area contributed by atoms with Gasteiger partial charge in [0.15, 0.2) is 0 Å². The molecule has 0 aliphatic carbocycles. The van der Waals surface area contributed by atoms with Crippen LogP contribution in [0.5, 0.6) is 0 Å². The first kappa shape index (κ1) is 13.4. The van der Waals surface area contributed by atoms with Gasteiger partial charge in [-0.2, -0.15) is 10.2 Å². The van der Waals surface area contributed by atoms with Crippen LogP contribution in [0.1, 0.15) is 16.8 Å². The van der Waals surface area contributed by atoms with Crippen molar-refractivity contribution in [1.29, 1.82) is 0 Å². The summed E-state index contributed by atoms with van der Waals surface area (Å²) in [6, 6.07) is 10.3. The molecule has 1 aromatic carbocycles. The molecule has 0 unspecified atom stereocenters. The molecular formula is C16H19N5. The summed E-state index contributed by atoms with van der Waals surface area (Å²) in [5.41, 5.74) is 4.49. The maximum absolute atomic E-state index is 4.41. The van der Waals surface area contributed by atoms with Crippen molar-refractivity contribution < 1.29 is 0 Å². The predicted molar refractivity (Wildman–Crippen MR) is 83.0 cm³/mol. The third-order valence-corrected chi connectivity index (χ3v) is 3.37. The normalized spacial score (nSPS) is 10.8. The third kappa shape index (κ3) is 3.31. The predicted octanol–water partition coefficient (Wildman–Crippen LogP) is 2.59. The topological polar surface area (TPSA) is 47.7 Å². The van der Waals surface area contributed by atoms with E-state index in [0.717, 1.165) is 30.0 Å². The summed E-state index contributed by atoms with van der Waals surface area (Å²) in [6.07, 6.45) is 5.97. The van der Waals surface area contributed by atoms with Crippen LogP contribution in [0, 0.1) is 6.92 Å². The average molecular weight is 281 g/mol. The third-order valence-electron chi connectivity index (χ3n) is 3.37. The van der Waals surface area contributed by atoms with Crippen LogP contribution in [0.2, 0.25) is 0 Å². The number of hydrogen-bond acceptors (Lipinski definition) is 3. The van der Waals surface area contributed by atoms with E-state index in [1.165, 1.54) is 5.56 Å². The molecule has 5 nitrogen and oxygen atoms in total. The standard InChI is InChI=1S/C16H19N5/c1-13-16(12-20(2)19-13)17-8-15-9-18-21(11-15)10-14-6-4-3-5-7-14/h3-7,9,11-12,17H,8,10H2,1-2H3. The first-order valence-corrected chi connectivity index (χ1v) is 7.00. The van der Waals surface area contributed by atoms with Crippen LogP contribution in [0.15, 0.2) is 48.9 Å². The molecule has 2 heterocycles. The van der Waals surface area contributed by atoms with Gasteiger partial charge < -0.3 is 5.32 Å². The van der Waals surface area contributed by atoms with E-state index in [1.54, 1.807) is 0 Å². The molecule has 3 aromatic rings. The molecular weight excluding hydrogens is 262 g/mol. The highest BCUT2D eigenvalue weighted by atomic mass is 15.3. The van der Waals surface area contributed by atoms with Crippen molar-refractivity contribution in [2.75, 3.05) is 5.32 Å². The molecule has 108 valence electrons. The minimum Gasteiger partial charge on any atom is -0.378 e. The molecule has 0 aliphatic rings. The molecule has 21 heavy (non-hydrogen) atoms. The fraction of sp³-hybridized carbons (Fsp3) is 0.250. The first-order chi connectivity index (χ1) is 10.2. The van der Waals surface area contributed by atoms with E-state index in [4.69, 9.17) is 0 Å². The molecule has 0 amide bonds. The molecule has 0 bridgehead atoms. The molecule has 2 aromatic heterocycles. The van der Waals surface area contributed by atoms with Crippen LogP contribution in [-0.2, 0) is 20.1 Å². The fourth-order valence-corrected chi connectivity index (χ4v) is 2.33. The van der Waals surface area contributed by atoms with E-state index in [0.29, 0.717) is 0 Å². The van der Waals surface area contributed by atoms with Gasteiger partial charge in [0.1, 0.15) is 0 Å². The zero-order valence-electron chi connectivity index (χ0n) is 12.3. The van der Waals surface area contributed by atoms with Gasteiger partial charge in [-0.15, -0.1) is 0 Å². The summed E-state index contributed by atoms with van der Waals surface area (Å²) in [5.74, 6) is 0. The fourth-order valence-electron chi connectivity index (χ4n) is 2.33. The van der Waals surface area contributed by atoms with E-state index in [9.17, 15) is 0 Å². The van der Waals surface area contributed by atoms with E-state index < -0.39 is 0 Å². The molecule has 0 radical (unpaired) electrons. The Morgan fingerprint density at radius 2 is 1.90 bits per heavy atom. The van der Waals surface area contributed by atoms with Crippen LogP contribution in [0.4, 0.5) is 5.69 Å². The van der Waals surface area contributed by atoms with E-state index >= 15 is 0 Å². The van der Waals surface area contributed by atoms with Gasteiger partial charge in [-0.05, 0) is 12.5 Å². The van der Waals surface area contributed by atoms with Crippen LogP contribution in [0.3, 0.4) is 0 Å². The number of nitrogens with one attached hydrogen (secondary N) is 1. The lowest BCUT2D eigenvalue weighted by atomic mass is 10.2. The molecule has 0 aliphatic heterocycles. The van der Waals surface area contributed by atoms with Crippen molar-refractivity contribution in [2.24, 2.45) is 7.05 Å². The highest BCUT2D eigenvalue weighted by Gasteiger charge is 2.04. The lowest BCUT2D eigenvalue weighted by molar-refractivity contribution is 0.686. The van der Waals surface area contributed by atoms with Crippen molar-refractivity contribution in [3.05, 3.63) is 65.7 Å². The van der Waals surface area contributed by atoms with Gasteiger partial charge in [0.05, 0.1) is 24.1 Å². The summed E-state index contributed by atoms with van der Waals surface area (Å²) in [4.78, 5) is 0. The van der Waals surface area contributed by atoms with Gasteiger partial charge in [-0.25, -0.2) is 0 Å². The Morgan fingerprint density at radius 3 is 2.62 bits per heavy atom. The smallest absolute Gasteiger partial charge is 0.0825 e. The zero-order chi connectivity index (χ0) is 14.7. The number of benzene rings is 1. The largest absolute Gasteiger partial charge is 0.378 e. The van der Waals surface area contributed by atoms with Crippen molar-refractivity contribution in [2.45, 2.75) is 20.0 Å². The Balaban J connectivity index is 1.61. The number of hydrogen-bond donors (Lipinski definition) is 1. The van der Waals surface area contributed by atoms with Gasteiger partial charge >= 0.3 is 0 Å². The molecule has 1 N–H and O–H groups in total. The van der Waals surface area contributed by atoms with Crippen LogP contribution in [-0.4, -0.2) is 19.6 Å². The molecule has 0 fully saturated rings. The van der Waals surface area contributed by atoms with Crippen LogP contribution in [0.25, 0.3) is 0 Å². The molecule has 5 heteroatoms. The van der Waals surface area contributed by atoms with E-state index in [-0.39, 0.29) is 0 Å².